The quantitative estimate of drug-likeness (QED) is 0.846. The van der Waals surface area contributed by atoms with Crippen LogP contribution in [0.1, 0.15) is 49.9 Å². The largest absolute Gasteiger partial charge is 0.508 e. The predicted molar refractivity (Wildman–Crippen MR) is 76.5 cm³/mol. The van der Waals surface area contributed by atoms with Crippen LogP contribution in [0, 0.1) is 0 Å². The molecule has 0 radical (unpaired) electrons. The summed E-state index contributed by atoms with van der Waals surface area (Å²) in [5.74, 6) is 0.361. The van der Waals surface area contributed by atoms with Gasteiger partial charge < -0.3 is 5.11 Å². The van der Waals surface area contributed by atoms with E-state index in [2.05, 4.69) is 18.7 Å². The van der Waals surface area contributed by atoms with Gasteiger partial charge in [-0.05, 0) is 51.0 Å². The van der Waals surface area contributed by atoms with Gasteiger partial charge in [0.05, 0.1) is 0 Å². The van der Waals surface area contributed by atoms with Gasteiger partial charge in [-0.3, -0.25) is 9.69 Å². The van der Waals surface area contributed by atoms with Gasteiger partial charge in [0, 0.05) is 30.6 Å². The van der Waals surface area contributed by atoms with E-state index in [1.54, 1.807) is 24.3 Å². The summed E-state index contributed by atoms with van der Waals surface area (Å²) in [6, 6.07) is 7.69. The maximum atomic E-state index is 12.1. The summed E-state index contributed by atoms with van der Waals surface area (Å²) in [4.78, 5) is 14.5. The molecule has 2 atom stereocenters. The molecule has 1 heterocycles. The zero-order valence-corrected chi connectivity index (χ0v) is 11.8. The third-order valence-electron chi connectivity index (χ3n) is 4.16. The summed E-state index contributed by atoms with van der Waals surface area (Å²) in [6.45, 7) is 5.34. The van der Waals surface area contributed by atoms with Crippen LogP contribution in [-0.2, 0) is 0 Å². The number of piperidine rings is 1. The third kappa shape index (κ3) is 3.57. The molecule has 0 amide bonds. The molecule has 19 heavy (non-hydrogen) atoms. The Hall–Kier alpha value is -1.35. The zero-order valence-electron chi connectivity index (χ0n) is 11.8. The molecule has 1 N–H and O–H groups in total. The molecule has 1 aliphatic heterocycles. The van der Waals surface area contributed by atoms with Crippen molar-refractivity contribution in [2.45, 2.75) is 51.6 Å². The van der Waals surface area contributed by atoms with E-state index in [4.69, 9.17) is 0 Å². The second-order valence-corrected chi connectivity index (χ2v) is 5.59. The van der Waals surface area contributed by atoms with Gasteiger partial charge in [-0.15, -0.1) is 0 Å². The standard InChI is InChI=1S/C16H23NO2/c1-12-4-3-5-13(2)17(12)11-10-16(19)14-6-8-15(18)9-7-14/h6-9,12-13,18H,3-5,10-11H2,1-2H3. The first-order valence-electron chi connectivity index (χ1n) is 7.16. The van der Waals surface area contributed by atoms with Gasteiger partial charge in [-0.25, -0.2) is 0 Å². The molecule has 3 nitrogen and oxygen atoms in total. The van der Waals surface area contributed by atoms with E-state index < -0.39 is 0 Å². The predicted octanol–water partition coefficient (Wildman–Crippen LogP) is 3.23. The van der Waals surface area contributed by atoms with E-state index in [9.17, 15) is 9.90 Å². The van der Waals surface area contributed by atoms with Crippen molar-refractivity contribution in [3.05, 3.63) is 29.8 Å². The Balaban J connectivity index is 1.90. The normalized spacial score (nSPS) is 24.3. The molecule has 0 aromatic heterocycles. The topological polar surface area (TPSA) is 40.5 Å². The van der Waals surface area contributed by atoms with E-state index in [0.29, 0.717) is 24.1 Å². The molecular formula is C16H23NO2. The van der Waals surface area contributed by atoms with Crippen LogP contribution >= 0.6 is 0 Å². The number of phenolic OH excluding ortho intramolecular Hbond substituents is 1. The minimum atomic E-state index is 0.157. The first kappa shape index (κ1) is 14.1. The molecule has 1 fully saturated rings. The summed E-state index contributed by atoms with van der Waals surface area (Å²) in [7, 11) is 0. The Bertz CT molecular complexity index is 417. The molecule has 1 saturated heterocycles. The summed E-state index contributed by atoms with van der Waals surface area (Å²) >= 11 is 0. The number of hydrogen-bond acceptors (Lipinski definition) is 3. The van der Waals surface area contributed by atoms with Crippen molar-refractivity contribution >= 4 is 5.78 Å². The number of carbonyl (C=O) groups is 1. The van der Waals surface area contributed by atoms with Crippen LogP contribution in [0.25, 0.3) is 0 Å². The van der Waals surface area contributed by atoms with Crippen molar-refractivity contribution in [3.63, 3.8) is 0 Å². The van der Waals surface area contributed by atoms with Gasteiger partial charge >= 0.3 is 0 Å². The van der Waals surface area contributed by atoms with Crippen LogP contribution in [0.4, 0.5) is 0 Å². The summed E-state index contributed by atoms with van der Waals surface area (Å²) in [6.07, 6.45) is 4.32. The van der Waals surface area contributed by atoms with Crippen molar-refractivity contribution in [2.75, 3.05) is 6.54 Å². The van der Waals surface area contributed by atoms with Crippen LogP contribution in [-0.4, -0.2) is 34.4 Å². The Morgan fingerprint density at radius 2 is 1.79 bits per heavy atom. The smallest absolute Gasteiger partial charge is 0.164 e. The van der Waals surface area contributed by atoms with Crippen molar-refractivity contribution in [1.82, 2.24) is 4.90 Å². The number of rotatable bonds is 4. The van der Waals surface area contributed by atoms with Crippen LogP contribution < -0.4 is 0 Å². The number of ketones is 1. The fourth-order valence-corrected chi connectivity index (χ4v) is 2.94. The molecule has 0 bridgehead atoms. The van der Waals surface area contributed by atoms with Gasteiger partial charge in [-0.2, -0.15) is 0 Å². The lowest BCUT2D eigenvalue weighted by molar-refractivity contribution is 0.0839. The van der Waals surface area contributed by atoms with E-state index in [-0.39, 0.29) is 11.5 Å². The van der Waals surface area contributed by atoms with Crippen molar-refractivity contribution in [1.29, 1.82) is 0 Å². The summed E-state index contributed by atoms with van der Waals surface area (Å²) in [5, 5.41) is 9.22. The lowest BCUT2D eigenvalue weighted by Crippen LogP contribution is -2.44. The molecule has 1 aromatic rings. The van der Waals surface area contributed by atoms with E-state index in [1.807, 2.05) is 0 Å². The molecule has 2 rings (SSSR count). The number of hydrogen-bond donors (Lipinski definition) is 1. The number of carbonyl (C=O) groups excluding carboxylic acids is 1. The number of benzene rings is 1. The second-order valence-electron chi connectivity index (χ2n) is 5.59. The van der Waals surface area contributed by atoms with Gasteiger partial charge in [0.25, 0.3) is 0 Å². The van der Waals surface area contributed by atoms with Crippen LogP contribution in [0.5, 0.6) is 5.75 Å². The minimum Gasteiger partial charge on any atom is -0.508 e. The molecular weight excluding hydrogens is 238 g/mol. The zero-order chi connectivity index (χ0) is 13.8. The number of aromatic hydroxyl groups is 1. The second kappa shape index (κ2) is 6.20. The van der Waals surface area contributed by atoms with Crippen molar-refractivity contribution < 1.29 is 9.90 Å². The van der Waals surface area contributed by atoms with Crippen LogP contribution in [0.3, 0.4) is 0 Å². The summed E-state index contributed by atoms with van der Waals surface area (Å²) in [5.41, 5.74) is 0.690. The molecule has 2 unspecified atom stereocenters. The summed E-state index contributed by atoms with van der Waals surface area (Å²) < 4.78 is 0. The van der Waals surface area contributed by atoms with Gasteiger partial charge in [0.2, 0.25) is 0 Å². The fraction of sp³-hybridized carbons (Fsp3) is 0.562. The van der Waals surface area contributed by atoms with E-state index in [1.165, 1.54) is 19.3 Å². The fourth-order valence-electron chi connectivity index (χ4n) is 2.94. The molecule has 0 aliphatic carbocycles. The van der Waals surface area contributed by atoms with Crippen LogP contribution in [0.15, 0.2) is 24.3 Å². The molecule has 0 spiro atoms. The average molecular weight is 261 g/mol. The lowest BCUT2D eigenvalue weighted by Gasteiger charge is -2.38. The first-order chi connectivity index (χ1) is 9.08. The highest BCUT2D eigenvalue weighted by Crippen LogP contribution is 2.23. The molecule has 1 aromatic carbocycles. The Kier molecular flexibility index (Phi) is 4.59. The maximum absolute atomic E-state index is 12.1. The van der Waals surface area contributed by atoms with E-state index in [0.717, 1.165) is 6.54 Å². The van der Waals surface area contributed by atoms with Crippen LogP contribution in [0.2, 0.25) is 0 Å². The Morgan fingerprint density at radius 3 is 2.37 bits per heavy atom. The maximum Gasteiger partial charge on any atom is 0.164 e. The van der Waals surface area contributed by atoms with Crippen molar-refractivity contribution in [2.24, 2.45) is 0 Å². The molecule has 104 valence electrons. The lowest BCUT2D eigenvalue weighted by atomic mass is 9.96. The highest BCUT2D eigenvalue weighted by atomic mass is 16.3. The highest BCUT2D eigenvalue weighted by molar-refractivity contribution is 5.96. The molecule has 1 aliphatic rings. The van der Waals surface area contributed by atoms with Crippen molar-refractivity contribution in [3.8, 4) is 5.75 Å². The Labute approximate surface area is 115 Å². The molecule has 3 heteroatoms. The van der Waals surface area contributed by atoms with Gasteiger partial charge in [0.1, 0.15) is 5.75 Å². The third-order valence-corrected chi connectivity index (χ3v) is 4.16. The first-order valence-corrected chi connectivity index (χ1v) is 7.16. The highest BCUT2D eigenvalue weighted by Gasteiger charge is 2.24. The molecule has 0 saturated carbocycles. The van der Waals surface area contributed by atoms with Gasteiger partial charge in [-0.1, -0.05) is 6.42 Å². The SMILES string of the molecule is CC1CCCC(C)N1CCC(=O)c1ccc(O)cc1. The average Bonchev–Trinajstić information content (AvgIpc) is 2.38. The number of likely N-dealkylation sites (tertiary alicyclic amines) is 1. The van der Waals surface area contributed by atoms with E-state index >= 15 is 0 Å². The number of Topliss-reactive ketones (excluding diaryl/α,β-unsaturated/α-hetero) is 1. The number of nitrogens with zero attached hydrogens (tertiary/aromatic N) is 1. The Morgan fingerprint density at radius 1 is 1.21 bits per heavy atom. The number of phenols is 1. The van der Waals surface area contributed by atoms with Gasteiger partial charge in [0.15, 0.2) is 5.78 Å². The monoisotopic (exact) mass is 261 g/mol. The minimum absolute atomic E-state index is 0.157.